The second kappa shape index (κ2) is 15.1. The molecule has 0 saturated carbocycles. The van der Waals surface area contributed by atoms with Crippen LogP contribution in [0.2, 0.25) is 0 Å². The summed E-state index contributed by atoms with van der Waals surface area (Å²) >= 11 is 7.15. The van der Waals surface area contributed by atoms with Crippen LogP contribution in [0.5, 0.6) is 0 Å². The zero-order valence-corrected chi connectivity index (χ0v) is 23.6. The van der Waals surface area contributed by atoms with E-state index in [0.717, 1.165) is 0 Å². The van der Waals surface area contributed by atoms with Gasteiger partial charge in [-0.05, 0) is 91.6 Å². The third-order valence-electron chi connectivity index (χ3n) is 5.45. The first-order valence-corrected chi connectivity index (χ1v) is 15.3. The van der Waals surface area contributed by atoms with Crippen molar-refractivity contribution in [3.05, 3.63) is 143 Å². The SMILES string of the molecule is OO.c1ccc2sccc2c1.c1ccc2sccc2c1.c1ccc2sccc2c1.c1ccc2sccc2c1. The predicted octanol–water partition coefficient (Wildman–Crippen LogP) is 11.6. The number of hydrogen-bond donors (Lipinski definition) is 2. The van der Waals surface area contributed by atoms with E-state index in [1.165, 1.54) is 40.3 Å². The monoisotopic (exact) mass is 570 g/mol. The lowest BCUT2D eigenvalue weighted by atomic mass is 10.3. The van der Waals surface area contributed by atoms with Gasteiger partial charge in [-0.3, -0.25) is 10.5 Å². The Kier molecular flexibility index (Phi) is 11.0. The van der Waals surface area contributed by atoms with Crippen molar-refractivity contribution < 1.29 is 10.5 Å². The third-order valence-corrected chi connectivity index (χ3v) is 9.04. The topological polar surface area (TPSA) is 40.5 Å². The summed E-state index contributed by atoms with van der Waals surface area (Å²) in [6, 6.07) is 42.2. The number of thiophene rings is 4. The highest BCUT2D eigenvalue weighted by Crippen LogP contribution is 2.21. The summed E-state index contributed by atoms with van der Waals surface area (Å²) in [5.74, 6) is 0. The molecule has 0 unspecified atom stereocenters. The van der Waals surface area contributed by atoms with Crippen molar-refractivity contribution in [1.82, 2.24) is 0 Å². The molecule has 8 aromatic rings. The molecule has 0 aliphatic carbocycles. The van der Waals surface area contributed by atoms with Gasteiger partial charge < -0.3 is 0 Å². The highest BCUT2D eigenvalue weighted by atomic mass is 32.1. The van der Waals surface area contributed by atoms with Crippen molar-refractivity contribution >= 4 is 85.7 Å². The Morgan fingerprint density at radius 1 is 0.289 bits per heavy atom. The molecular weight excluding hydrogens is 545 g/mol. The van der Waals surface area contributed by atoms with Gasteiger partial charge in [0.25, 0.3) is 0 Å². The van der Waals surface area contributed by atoms with Crippen LogP contribution in [0.1, 0.15) is 0 Å². The Labute approximate surface area is 237 Å². The van der Waals surface area contributed by atoms with Crippen molar-refractivity contribution in [3.63, 3.8) is 0 Å². The van der Waals surface area contributed by atoms with Gasteiger partial charge >= 0.3 is 0 Å². The van der Waals surface area contributed by atoms with Gasteiger partial charge in [0.15, 0.2) is 0 Å². The molecule has 0 atom stereocenters. The molecule has 0 fully saturated rings. The first-order valence-electron chi connectivity index (χ1n) is 11.8. The minimum absolute atomic E-state index is 1.35. The smallest absolute Gasteiger partial charge is 0.0342 e. The zero-order chi connectivity index (χ0) is 26.4. The van der Waals surface area contributed by atoms with Gasteiger partial charge in [0.2, 0.25) is 0 Å². The van der Waals surface area contributed by atoms with Gasteiger partial charge in [-0.1, -0.05) is 72.8 Å². The molecule has 0 saturated heterocycles. The van der Waals surface area contributed by atoms with Crippen molar-refractivity contribution in [2.75, 3.05) is 0 Å². The van der Waals surface area contributed by atoms with Crippen LogP contribution in [0.3, 0.4) is 0 Å². The first-order chi connectivity index (χ1) is 18.9. The Bertz CT molecular complexity index is 1390. The Morgan fingerprint density at radius 3 is 0.711 bits per heavy atom. The second-order valence-electron chi connectivity index (χ2n) is 7.83. The van der Waals surface area contributed by atoms with E-state index in [9.17, 15) is 0 Å². The summed E-state index contributed by atoms with van der Waals surface area (Å²) in [7, 11) is 0. The first kappa shape index (κ1) is 27.7. The van der Waals surface area contributed by atoms with Crippen LogP contribution in [0.4, 0.5) is 0 Å². The van der Waals surface area contributed by atoms with E-state index in [4.69, 9.17) is 10.5 Å². The van der Waals surface area contributed by atoms with Crippen molar-refractivity contribution in [1.29, 1.82) is 0 Å². The lowest BCUT2D eigenvalue weighted by Crippen LogP contribution is -1.56. The number of hydrogen-bond acceptors (Lipinski definition) is 6. The molecule has 2 N–H and O–H groups in total. The van der Waals surface area contributed by atoms with E-state index >= 15 is 0 Å². The fourth-order valence-electron chi connectivity index (χ4n) is 3.62. The molecule has 8 rings (SSSR count). The molecule has 0 bridgehead atoms. The van der Waals surface area contributed by atoms with Crippen LogP contribution in [0.15, 0.2) is 143 Å². The average molecular weight is 571 g/mol. The van der Waals surface area contributed by atoms with Crippen molar-refractivity contribution in [2.24, 2.45) is 0 Å². The largest absolute Gasteiger partial charge is 0.255 e. The van der Waals surface area contributed by atoms with Crippen molar-refractivity contribution in [3.8, 4) is 0 Å². The number of benzene rings is 4. The number of rotatable bonds is 0. The summed E-state index contributed by atoms with van der Waals surface area (Å²) in [5.41, 5.74) is 0. The normalized spacial score (nSPS) is 9.84. The molecule has 6 heteroatoms. The van der Waals surface area contributed by atoms with Crippen LogP contribution in [-0.2, 0) is 0 Å². The van der Waals surface area contributed by atoms with Crippen LogP contribution in [-0.4, -0.2) is 10.5 Å². The average Bonchev–Trinajstić information content (AvgIpc) is 3.81. The van der Waals surface area contributed by atoms with Gasteiger partial charge in [0.05, 0.1) is 0 Å². The third kappa shape index (κ3) is 7.82. The molecule has 0 aliphatic rings. The predicted molar refractivity (Wildman–Crippen MR) is 173 cm³/mol. The van der Waals surface area contributed by atoms with Crippen LogP contribution in [0, 0.1) is 0 Å². The minimum atomic E-state index is 1.35. The van der Waals surface area contributed by atoms with Crippen LogP contribution < -0.4 is 0 Å². The molecule has 0 spiro atoms. The maximum absolute atomic E-state index is 6.00. The molecule has 38 heavy (non-hydrogen) atoms. The van der Waals surface area contributed by atoms with Gasteiger partial charge in [-0.15, -0.1) is 45.3 Å². The summed E-state index contributed by atoms with van der Waals surface area (Å²) < 4.78 is 5.49. The van der Waals surface area contributed by atoms with Gasteiger partial charge in [-0.2, -0.15) is 0 Å². The fraction of sp³-hybridized carbons (Fsp3) is 0. The van der Waals surface area contributed by atoms with Gasteiger partial charge in [0.1, 0.15) is 0 Å². The quantitative estimate of drug-likeness (QED) is 0.141. The maximum Gasteiger partial charge on any atom is 0.0342 e. The van der Waals surface area contributed by atoms with E-state index in [1.54, 1.807) is 45.3 Å². The van der Waals surface area contributed by atoms with Crippen molar-refractivity contribution in [2.45, 2.75) is 0 Å². The van der Waals surface area contributed by atoms with Crippen LogP contribution in [0.25, 0.3) is 40.3 Å². The van der Waals surface area contributed by atoms with E-state index in [0.29, 0.717) is 0 Å². The fourth-order valence-corrected chi connectivity index (χ4v) is 6.79. The lowest BCUT2D eigenvalue weighted by molar-refractivity contribution is -0.176. The van der Waals surface area contributed by atoms with Gasteiger partial charge in [-0.25, -0.2) is 0 Å². The molecule has 4 heterocycles. The lowest BCUT2D eigenvalue weighted by Gasteiger charge is -1.82. The van der Waals surface area contributed by atoms with E-state index in [-0.39, 0.29) is 0 Å². The Morgan fingerprint density at radius 2 is 0.500 bits per heavy atom. The van der Waals surface area contributed by atoms with E-state index < -0.39 is 0 Å². The summed E-state index contributed by atoms with van der Waals surface area (Å²) in [6.45, 7) is 0. The van der Waals surface area contributed by atoms with E-state index in [2.05, 4.69) is 143 Å². The summed E-state index contributed by atoms with van der Waals surface area (Å²) in [6.07, 6.45) is 0. The summed E-state index contributed by atoms with van der Waals surface area (Å²) in [5, 5.41) is 25.9. The minimum Gasteiger partial charge on any atom is -0.255 e. The zero-order valence-electron chi connectivity index (χ0n) is 20.4. The maximum atomic E-state index is 6.00. The second-order valence-corrected chi connectivity index (χ2v) is 11.6. The Balaban J connectivity index is 0.000000115. The molecular formula is C32H26O2S4. The highest BCUT2D eigenvalue weighted by molar-refractivity contribution is 7.18. The molecule has 0 aliphatic heterocycles. The highest BCUT2D eigenvalue weighted by Gasteiger charge is 1.90. The molecule has 190 valence electrons. The molecule has 0 radical (unpaired) electrons. The Hall–Kier alpha value is -3.36. The summed E-state index contributed by atoms with van der Waals surface area (Å²) in [4.78, 5) is 0. The standard InChI is InChI=1S/4C8H6S.H2O2/c4*1-2-4-8-7(3-1)5-6-9-8;1-2/h4*1-6H;1-2H. The molecule has 4 aromatic heterocycles. The van der Waals surface area contributed by atoms with E-state index in [1.807, 2.05) is 0 Å². The molecule has 2 nitrogen and oxygen atoms in total. The number of fused-ring (bicyclic) bond motifs is 4. The van der Waals surface area contributed by atoms with Crippen LogP contribution >= 0.6 is 45.3 Å². The van der Waals surface area contributed by atoms with Gasteiger partial charge in [0, 0.05) is 18.8 Å². The molecule has 4 aromatic carbocycles. The molecule has 0 amide bonds.